The molecule has 3 nitrogen and oxygen atoms in total. The molecule has 2 N–H and O–H groups in total. The Kier molecular flexibility index (Phi) is 4.80. The van der Waals surface area contributed by atoms with E-state index < -0.39 is 15.1 Å². The van der Waals surface area contributed by atoms with Crippen molar-refractivity contribution in [2.45, 2.75) is 69.4 Å². The Hall–Kier alpha value is -0.0900. The lowest BCUT2D eigenvalue weighted by Gasteiger charge is -2.30. The standard InChI is InChI=1S/C12H25NO2S/c1-4-12(13)10(3)16(14,15)11-7-5-6-9(2)8-11/h9-12H,4-8,13H2,1-3H3. The van der Waals surface area contributed by atoms with E-state index >= 15 is 0 Å². The van der Waals surface area contributed by atoms with Crippen molar-refractivity contribution in [1.82, 2.24) is 0 Å². The Labute approximate surface area is 99.7 Å². The lowest BCUT2D eigenvalue weighted by Crippen LogP contribution is -2.43. The van der Waals surface area contributed by atoms with Gasteiger partial charge in [-0.3, -0.25) is 0 Å². The normalized spacial score (nSPS) is 31.0. The van der Waals surface area contributed by atoms with E-state index in [0.29, 0.717) is 5.92 Å². The molecule has 1 rings (SSSR count). The highest BCUT2D eigenvalue weighted by atomic mass is 32.2. The van der Waals surface area contributed by atoms with Crippen molar-refractivity contribution < 1.29 is 8.42 Å². The highest BCUT2D eigenvalue weighted by Gasteiger charge is 2.36. The molecule has 0 saturated heterocycles. The molecule has 0 spiro atoms. The monoisotopic (exact) mass is 247 g/mol. The summed E-state index contributed by atoms with van der Waals surface area (Å²) < 4.78 is 24.7. The molecule has 96 valence electrons. The van der Waals surface area contributed by atoms with E-state index in [1.165, 1.54) is 6.42 Å². The SMILES string of the molecule is CCC(N)C(C)S(=O)(=O)C1CCCC(C)C1. The van der Waals surface area contributed by atoms with Gasteiger partial charge in [0, 0.05) is 6.04 Å². The van der Waals surface area contributed by atoms with E-state index in [-0.39, 0.29) is 11.3 Å². The average molecular weight is 247 g/mol. The van der Waals surface area contributed by atoms with Crippen LogP contribution in [0.4, 0.5) is 0 Å². The second-order valence-electron chi connectivity index (χ2n) is 5.26. The molecule has 0 aromatic rings. The molecule has 4 heteroatoms. The largest absolute Gasteiger partial charge is 0.327 e. The Bertz CT molecular complexity index is 313. The maximum Gasteiger partial charge on any atom is 0.157 e. The first-order valence-electron chi connectivity index (χ1n) is 6.37. The van der Waals surface area contributed by atoms with Crippen molar-refractivity contribution in [3.05, 3.63) is 0 Å². The van der Waals surface area contributed by atoms with Crippen molar-refractivity contribution in [2.75, 3.05) is 0 Å². The second kappa shape index (κ2) is 5.50. The summed E-state index contributed by atoms with van der Waals surface area (Å²) in [6.45, 7) is 5.86. The van der Waals surface area contributed by atoms with Gasteiger partial charge in [0.05, 0.1) is 10.5 Å². The molecule has 0 bridgehead atoms. The van der Waals surface area contributed by atoms with Crippen molar-refractivity contribution in [3.8, 4) is 0 Å². The molecule has 0 aromatic carbocycles. The van der Waals surface area contributed by atoms with Crippen LogP contribution in [0.3, 0.4) is 0 Å². The Balaban J connectivity index is 2.76. The molecule has 1 aliphatic carbocycles. The van der Waals surface area contributed by atoms with Crippen LogP contribution in [-0.4, -0.2) is 25.0 Å². The fourth-order valence-electron chi connectivity index (χ4n) is 2.56. The Morgan fingerprint density at radius 2 is 2.00 bits per heavy atom. The van der Waals surface area contributed by atoms with Gasteiger partial charge in [0.25, 0.3) is 0 Å². The summed E-state index contributed by atoms with van der Waals surface area (Å²) in [4.78, 5) is 0. The summed E-state index contributed by atoms with van der Waals surface area (Å²) >= 11 is 0. The molecule has 4 unspecified atom stereocenters. The fourth-order valence-corrected chi connectivity index (χ4v) is 4.93. The van der Waals surface area contributed by atoms with E-state index in [2.05, 4.69) is 6.92 Å². The molecule has 1 aliphatic rings. The molecule has 0 radical (unpaired) electrons. The minimum absolute atomic E-state index is 0.149. The molecule has 16 heavy (non-hydrogen) atoms. The van der Waals surface area contributed by atoms with Crippen molar-refractivity contribution in [3.63, 3.8) is 0 Å². The van der Waals surface area contributed by atoms with Gasteiger partial charge in [-0.25, -0.2) is 8.42 Å². The first-order valence-corrected chi connectivity index (χ1v) is 7.98. The third kappa shape index (κ3) is 2.98. The van der Waals surface area contributed by atoms with Gasteiger partial charge in [-0.05, 0) is 32.1 Å². The maximum absolute atomic E-state index is 12.4. The number of hydrogen-bond donors (Lipinski definition) is 1. The van der Waals surface area contributed by atoms with Gasteiger partial charge in [-0.2, -0.15) is 0 Å². The average Bonchev–Trinajstić information content (AvgIpc) is 2.27. The zero-order chi connectivity index (χ0) is 12.3. The van der Waals surface area contributed by atoms with Crippen molar-refractivity contribution in [1.29, 1.82) is 0 Å². The minimum atomic E-state index is -3.03. The summed E-state index contributed by atoms with van der Waals surface area (Å²) in [6, 6.07) is -0.220. The molecule has 0 aliphatic heterocycles. The highest BCUT2D eigenvalue weighted by Crippen LogP contribution is 2.30. The first-order chi connectivity index (χ1) is 7.39. The van der Waals surface area contributed by atoms with Crippen LogP contribution in [0, 0.1) is 5.92 Å². The van der Waals surface area contributed by atoms with Crippen LogP contribution in [0.15, 0.2) is 0 Å². The maximum atomic E-state index is 12.4. The summed E-state index contributed by atoms with van der Waals surface area (Å²) in [7, 11) is -3.03. The van der Waals surface area contributed by atoms with E-state index in [9.17, 15) is 8.42 Å². The third-order valence-corrected chi connectivity index (χ3v) is 6.69. The first kappa shape index (κ1) is 14.0. The van der Waals surface area contributed by atoms with Gasteiger partial charge >= 0.3 is 0 Å². The summed E-state index contributed by atoms with van der Waals surface area (Å²) in [5.74, 6) is 0.540. The molecule has 1 saturated carbocycles. The number of rotatable bonds is 4. The highest BCUT2D eigenvalue weighted by molar-refractivity contribution is 7.92. The van der Waals surface area contributed by atoms with E-state index in [0.717, 1.165) is 25.7 Å². The second-order valence-corrected chi connectivity index (χ2v) is 7.85. The zero-order valence-electron chi connectivity index (χ0n) is 10.6. The van der Waals surface area contributed by atoms with Crippen LogP contribution >= 0.6 is 0 Å². The summed E-state index contributed by atoms with van der Waals surface area (Å²) in [5.41, 5.74) is 5.86. The molecule has 1 fully saturated rings. The number of nitrogens with two attached hydrogens (primary N) is 1. The van der Waals surface area contributed by atoms with Crippen LogP contribution in [0.1, 0.15) is 52.9 Å². The van der Waals surface area contributed by atoms with Crippen LogP contribution < -0.4 is 5.73 Å². The van der Waals surface area contributed by atoms with Gasteiger partial charge in [-0.1, -0.05) is 26.7 Å². The third-order valence-electron chi connectivity index (χ3n) is 3.95. The van der Waals surface area contributed by atoms with Gasteiger partial charge in [0.2, 0.25) is 0 Å². The van der Waals surface area contributed by atoms with E-state index in [4.69, 9.17) is 5.73 Å². The number of hydrogen-bond acceptors (Lipinski definition) is 3. The fraction of sp³-hybridized carbons (Fsp3) is 1.00. The number of sulfone groups is 1. The molecule has 0 aromatic heterocycles. The lowest BCUT2D eigenvalue weighted by molar-refractivity contribution is 0.378. The zero-order valence-corrected chi connectivity index (χ0v) is 11.5. The molecular formula is C12H25NO2S. The molecule has 0 heterocycles. The van der Waals surface area contributed by atoms with Crippen LogP contribution in [-0.2, 0) is 9.84 Å². The van der Waals surface area contributed by atoms with E-state index in [1.807, 2.05) is 6.92 Å². The van der Waals surface area contributed by atoms with Crippen LogP contribution in [0.25, 0.3) is 0 Å². The molecule has 0 amide bonds. The summed E-state index contributed by atoms with van der Waals surface area (Å²) in [6.07, 6.45) is 4.58. The molecular weight excluding hydrogens is 222 g/mol. The van der Waals surface area contributed by atoms with Crippen molar-refractivity contribution >= 4 is 9.84 Å². The predicted octanol–water partition coefficient (Wildman–Crippen LogP) is 2.11. The van der Waals surface area contributed by atoms with Gasteiger partial charge in [0.1, 0.15) is 0 Å². The lowest BCUT2D eigenvalue weighted by atomic mass is 9.90. The van der Waals surface area contributed by atoms with Gasteiger partial charge in [0.15, 0.2) is 9.84 Å². The molecule has 4 atom stereocenters. The van der Waals surface area contributed by atoms with E-state index in [1.54, 1.807) is 6.92 Å². The van der Waals surface area contributed by atoms with Crippen LogP contribution in [0.2, 0.25) is 0 Å². The predicted molar refractivity (Wildman–Crippen MR) is 68.1 cm³/mol. The van der Waals surface area contributed by atoms with Crippen molar-refractivity contribution in [2.24, 2.45) is 11.7 Å². The quantitative estimate of drug-likeness (QED) is 0.827. The van der Waals surface area contributed by atoms with Gasteiger partial charge in [-0.15, -0.1) is 0 Å². The minimum Gasteiger partial charge on any atom is -0.327 e. The van der Waals surface area contributed by atoms with Crippen LogP contribution in [0.5, 0.6) is 0 Å². The smallest absolute Gasteiger partial charge is 0.157 e. The topological polar surface area (TPSA) is 60.2 Å². The summed E-state index contributed by atoms with van der Waals surface area (Å²) in [5, 5.41) is -0.545. The Morgan fingerprint density at radius 1 is 1.38 bits per heavy atom. The Morgan fingerprint density at radius 3 is 2.50 bits per heavy atom. The van der Waals surface area contributed by atoms with Gasteiger partial charge < -0.3 is 5.73 Å².